The molecule has 0 saturated carbocycles. The molecule has 5 nitrogen and oxygen atoms in total. The Morgan fingerprint density at radius 3 is 2.45 bits per heavy atom. The van der Waals surface area contributed by atoms with Crippen molar-refractivity contribution < 1.29 is 27.5 Å². The van der Waals surface area contributed by atoms with Crippen LogP contribution in [0, 0.1) is 17.5 Å². The van der Waals surface area contributed by atoms with Gasteiger partial charge in [0.2, 0.25) is 5.91 Å². The lowest BCUT2D eigenvalue weighted by Crippen LogP contribution is -2.38. The number of hydrogen-bond donors (Lipinski definition) is 1. The van der Waals surface area contributed by atoms with Crippen molar-refractivity contribution in [2.75, 3.05) is 25.1 Å². The van der Waals surface area contributed by atoms with E-state index in [9.17, 15) is 22.8 Å². The predicted molar refractivity (Wildman–Crippen MR) is 64.8 cm³/mol. The van der Waals surface area contributed by atoms with Crippen LogP contribution in [0.4, 0.5) is 23.7 Å². The molecule has 0 spiro atoms. The highest BCUT2D eigenvalue weighted by Crippen LogP contribution is 2.23. The van der Waals surface area contributed by atoms with E-state index < -0.39 is 35.1 Å². The molecule has 2 amide bonds. The van der Waals surface area contributed by atoms with Crippen LogP contribution in [0.25, 0.3) is 0 Å². The van der Waals surface area contributed by atoms with E-state index in [2.05, 4.69) is 10.1 Å². The van der Waals surface area contributed by atoms with E-state index in [4.69, 9.17) is 0 Å². The second kappa shape index (κ2) is 6.78. The molecule has 0 radical (unpaired) electrons. The molecule has 20 heavy (non-hydrogen) atoms. The normalized spacial score (nSPS) is 10.1. The van der Waals surface area contributed by atoms with Crippen molar-refractivity contribution in [3.8, 4) is 0 Å². The van der Waals surface area contributed by atoms with Gasteiger partial charge in [0.25, 0.3) is 0 Å². The Kier molecular flexibility index (Phi) is 5.36. The van der Waals surface area contributed by atoms with Crippen LogP contribution in [0.15, 0.2) is 12.1 Å². The van der Waals surface area contributed by atoms with Crippen molar-refractivity contribution >= 4 is 17.7 Å². The topological polar surface area (TPSA) is 58.6 Å². The van der Waals surface area contributed by atoms with Crippen molar-refractivity contribution in [3.05, 3.63) is 29.6 Å². The van der Waals surface area contributed by atoms with Crippen molar-refractivity contribution in [1.82, 2.24) is 5.32 Å². The summed E-state index contributed by atoms with van der Waals surface area (Å²) in [5.74, 6) is -5.04. The monoisotopic (exact) mass is 290 g/mol. The molecule has 0 aliphatic rings. The third-order valence-electron chi connectivity index (χ3n) is 2.48. The summed E-state index contributed by atoms with van der Waals surface area (Å²) in [7, 11) is 1.16. The number of carbonyl (C=O) groups excluding carboxylic acids is 2. The van der Waals surface area contributed by atoms with Crippen LogP contribution in [0.5, 0.6) is 0 Å². The number of hydrogen-bond acceptors (Lipinski definition) is 3. The third-order valence-corrected chi connectivity index (χ3v) is 2.48. The minimum atomic E-state index is -1.66. The van der Waals surface area contributed by atoms with Gasteiger partial charge in [0.15, 0.2) is 17.5 Å². The quantitative estimate of drug-likeness (QED) is 0.860. The van der Waals surface area contributed by atoms with E-state index in [1.54, 1.807) is 0 Å². The zero-order valence-electron chi connectivity index (χ0n) is 10.9. The molecule has 0 aliphatic heterocycles. The molecule has 110 valence electrons. The highest BCUT2D eigenvalue weighted by Gasteiger charge is 2.20. The molecular formula is C12H13F3N2O3. The number of nitrogens with zero attached hydrogens (tertiary/aromatic N) is 1. The molecule has 0 fully saturated rings. The molecule has 1 aromatic carbocycles. The maximum absolute atomic E-state index is 13.6. The molecule has 0 saturated heterocycles. The average Bonchev–Trinajstić information content (AvgIpc) is 2.41. The standard InChI is InChI=1S/C12H13F3N2O3/c1-7(18)17(6-5-16-12(19)20-2)9-4-3-8(13)10(14)11(9)15/h3-4H,5-6H2,1-2H3,(H,16,19). The first-order chi connectivity index (χ1) is 9.38. The lowest BCUT2D eigenvalue weighted by atomic mass is 10.2. The SMILES string of the molecule is COC(=O)NCCN(C(C)=O)c1ccc(F)c(F)c1F. The highest BCUT2D eigenvalue weighted by molar-refractivity contribution is 5.91. The van der Waals surface area contributed by atoms with Crippen LogP contribution in [0.3, 0.4) is 0 Å². The number of amides is 2. The first kappa shape index (κ1) is 15.8. The summed E-state index contributed by atoms with van der Waals surface area (Å²) in [6.45, 7) is 0.982. The van der Waals surface area contributed by atoms with Gasteiger partial charge in [-0.05, 0) is 12.1 Å². The Bertz CT molecular complexity index is 523. The second-order valence-electron chi connectivity index (χ2n) is 3.78. The molecule has 1 N–H and O–H groups in total. The summed E-state index contributed by atoms with van der Waals surface area (Å²) in [5.41, 5.74) is -0.400. The number of benzene rings is 1. The van der Waals surface area contributed by atoms with Crippen LogP contribution < -0.4 is 10.2 Å². The number of nitrogens with one attached hydrogen (secondary N) is 1. The average molecular weight is 290 g/mol. The number of anilines is 1. The van der Waals surface area contributed by atoms with Gasteiger partial charge in [-0.2, -0.15) is 0 Å². The predicted octanol–water partition coefficient (Wildman–Crippen LogP) is 1.81. The highest BCUT2D eigenvalue weighted by atomic mass is 19.2. The lowest BCUT2D eigenvalue weighted by Gasteiger charge is -2.22. The molecule has 0 aliphatic carbocycles. The molecular weight excluding hydrogens is 277 g/mol. The molecule has 0 heterocycles. The minimum absolute atomic E-state index is 0.0370. The van der Waals surface area contributed by atoms with Crippen LogP contribution in [-0.4, -0.2) is 32.2 Å². The molecule has 1 rings (SSSR count). The Hall–Kier alpha value is -2.25. The van der Waals surface area contributed by atoms with Gasteiger partial charge in [-0.3, -0.25) is 4.79 Å². The van der Waals surface area contributed by atoms with Gasteiger partial charge < -0.3 is 15.0 Å². The van der Waals surface area contributed by atoms with E-state index in [-0.39, 0.29) is 13.1 Å². The number of ether oxygens (including phenoxy) is 1. The van der Waals surface area contributed by atoms with E-state index in [1.807, 2.05) is 0 Å². The number of methoxy groups -OCH3 is 1. The molecule has 0 bridgehead atoms. The fourth-order valence-corrected chi connectivity index (χ4v) is 1.51. The Morgan fingerprint density at radius 1 is 1.25 bits per heavy atom. The third kappa shape index (κ3) is 3.62. The summed E-state index contributed by atoms with van der Waals surface area (Å²) in [5, 5.41) is 2.29. The number of halogens is 3. The first-order valence-electron chi connectivity index (χ1n) is 5.62. The van der Waals surface area contributed by atoms with Crippen LogP contribution in [-0.2, 0) is 9.53 Å². The Labute approximate surface area is 113 Å². The van der Waals surface area contributed by atoms with Gasteiger partial charge >= 0.3 is 6.09 Å². The summed E-state index contributed by atoms with van der Waals surface area (Å²) in [6, 6.07) is 1.67. The molecule has 0 unspecified atom stereocenters. The van der Waals surface area contributed by atoms with E-state index in [0.717, 1.165) is 31.1 Å². The lowest BCUT2D eigenvalue weighted by molar-refractivity contribution is -0.116. The second-order valence-corrected chi connectivity index (χ2v) is 3.78. The van der Waals surface area contributed by atoms with Gasteiger partial charge in [0.05, 0.1) is 12.8 Å². The van der Waals surface area contributed by atoms with Crippen molar-refractivity contribution in [2.24, 2.45) is 0 Å². The molecule has 8 heteroatoms. The van der Waals surface area contributed by atoms with Crippen molar-refractivity contribution in [3.63, 3.8) is 0 Å². The summed E-state index contributed by atoms with van der Waals surface area (Å²) >= 11 is 0. The van der Waals surface area contributed by atoms with E-state index >= 15 is 0 Å². The van der Waals surface area contributed by atoms with E-state index in [1.165, 1.54) is 0 Å². The van der Waals surface area contributed by atoms with Gasteiger partial charge in [-0.25, -0.2) is 18.0 Å². The number of rotatable bonds is 4. The zero-order valence-corrected chi connectivity index (χ0v) is 10.9. The largest absolute Gasteiger partial charge is 0.453 e. The van der Waals surface area contributed by atoms with Gasteiger partial charge in [0.1, 0.15) is 0 Å². The summed E-state index contributed by atoms with van der Waals surface area (Å²) in [6.07, 6.45) is -0.723. The summed E-state index contributed by atoms with van der Waals surface area (Å²) in [4.78, 5) is 23.2. The number of alkyl carbamates (subject to hydrolysis) is 1. The fourth-order valence-electron chi connectivity index (χ4n) is 1.51. The first-order valence-corrected chi connectivity index (χ1v) is 5.62. The van der Waals surface area contributed by atoms with Gasteiger partial charge in [0, 0.05) is 20.0 Å². The van der Waals surface area contributed by atoms with Crippen LogP contribution in [0.1, 0.15) is 6.92 Å². The maximum Gasteiger partial charge on any atom is 0.406 e. The van der Waals surface area contributed by atoms with Crippen LogP contribution in [0.2, 0.25) is 0 Å². The van der Waals surface area contributed by atoms with Crippen LogP contribution >= 0.6 is 0 Å². The number of carbonyl (C=O) groups is 2. The molecule has 0 atom stereocenters. The van der Waals surface area contributed by atoms with Crippen molar-refractivity contribution in [1.29, 1.82) is 0 Å². The molecule has 0 aromatic heterocycles. The molecule has 1 aromatic rings. The maximum atomic E-state index is 13.6. The zero-order chi connectivity index (χ0) is 15.3. The van der Waals surface area contributed by atoms with E-state index in [0.29, 0.717) is 0 Å². The van der Waals surface area contributed by atoms with Crippen molar-refractivity contribution in [2.45, 2.75) is 6.92 Å². The Balaban J connectivity index is 2.89. The fraction of sp³-hybridized carbons (Fsp3) is 0.333. The minimum Gasteiger partial charge on any atom is -0.453 e. The smallest absolute Gasteiger partial charge is 0.406 e. The Morgan fingerprint density at radius 2 is 1.90 bits per heavy atom. The summed E-state index contributed by atoms with van der Waals surface area (Å²) < 4.78 is 43.9. The van der Waals surface area contributed by atoms with Gasteiger partial charge in [-0.1, -0.05) is 0 Å². The van der Waals surface area contributed by atoms with Gasteiger partial charge in [-0.15, -0.1) is 0 Å².